The molecule has 1 N–H and O–H groups in total. The summed E-state index contributed by atoms with van der Waals surface area (Å²) in [5.74, 6) is 1.08. The number of rotatable bonds is 7. The topological polar surface area (TPSA) is 60.2 Å². The molecule has 0 spiro atoms. The van der Waals surface area contributed by atoms with Gasteiger partial charge in [-0.1, -0.05) is 27.7 Å². The highest BCUT2D eigenvalue weighted by Gasteiger charge is 2.20. The van der Waals surface area contributed by atoms with Gasteiger partial charge >= 0.3 is 0 Å². The first-order valence-electron chi connectivity index (χ1n) is 10.1. The molecule has 3 heterocycles. The van der Waals surface area contributed by atoms with Gasteiger partial charge < -0.3 is 14.4 Å². The number of pyridine rings is 2. The van der Waals surface area contributed by atoms with Crippen LogP contribution in [0.5, 0.6) is 5.88 Å². The Kier molecular flexibility index (Phi) is 6.04. The molecule has 0 radical (unpaired) electrons. The number of aryl methyl sites for hydroxylation is 2. The Bertz CT molecular complexity index is 972. The number of methoxy groups -OCH3 is 1. The zero-order chi connectivity index (χ0) is 20.4. The third kappa shape index (κ3) is 3.51. The lowest BCUT2D eigenvalue weighted by Crippen LogP contribution is -2.03. The zero-order valence-electron chi connectivity index (χ0n) is 17.8. The largest absolute Gasteiger partial charge is 0.480 e. The van der Waals surface area contributed by atoms with Gasteiger partial charge in [0, 0.05) is 36.8 Å². The molecule has 0 bridgehead atoms. The number of ether oxygens (including phenoxy) is 1. The van der Waals surface area contributed by atoms with Crippen LogP contribution >= 0.6 is 0 Å². The average molecular weight is 382 g/mol. The van der Waals surface area contributed by atoms with Gasteiger partial charge in [-0.25, -0.2) is 9.97 Å². The Morgan fingerprint density at radius 2 is 1.93 bits per heavy atom. The summed E-state index contributed by atoms with van der Waals surface area (Å²) in [4.78, 5) is 9.73. The number of aliphatic hydroxyl groups is 1. The smallest absolute Gasteiger partial charge is 0.222 e. The fourth-order valence-electron chi connectivity index (χ4n) is 3.75. The average Bonchev–Trinajstić information content (AvgIpc) is 3.03. The van der Waals surface area contributed by atoms with E-state index in [4.69, 9.17) is 14.7 Å². The van der Waals surface area contributed by atoms with Crippen LogP contribution in [0.2, 0.25) is 0 Å². The first-order valence-corrected chi connectivity index (χ1v) is 10.1. The summed E-state index contributed by atoms with van der Waals surface area (Å²) in [5.41, 5.74) is 6.09. The maximum absolute atomic E-state index is 9.79. The Morgan fingerprint density at radius 1 is 1.18 bits per heavy atom. The second kappa shape index (κ2) is 8.31. The minimum atomic E-state index is 0.127. The van der Waals surface area contributed by atoms with Gasteiger partial charge in [0.1, 0.15) is 5.65 Å². The van der Waals surface area contributed by atoms with Crippen LogP contribution in [0.1, 0.15) is 62.8 Å². The van der Waals surface area contributed by atoms with Crippen molar-refractivity contribution in [2.75, 3.05) is 13.7 Å². The summed E-state index contributed by atoms with van der Waals surface area (Å²) in [6.45, 7) is 8.64. The molecule has 150 valence electrons. The molecule has 0 aromatic carbocycles. The molecule has 0 aliphatic carbocycles. The SMILES string of the molecule is CCc1cc2c([C@@H](CC)CO)cn(C)c2nc1-c1ccc(C(C)C)nc1OC. The molecule has 0 aliphatic rings. The van der Waals surface area contributed by atoms with E-state index < -0.39 is 0 Å². The lowest BCUT2D eigenvalue weighted by atomic mass is 9.95. The third-order valence-electron chi connectivity index (χ3n) is 5.51. The minimum absolute atomic E-state index is 0.127. The lowest BCUT2D eigenvalue weighted by Gasteiger charge is -2.15. The van der Waals surface area contributed by atoms with E-state index in [1.54, 1.807) is 7.11 Å². The number of nitrogens with zero attached hydrogens (tertiary/aromatic N) is 3. The van der Waals surface area contributed by atoms with E-state index in [-0.39, 0.29) is 12.5 Å². The number of hydrogen-bond acceptors (Lipinski definition) is 4. The zero-order valence-corrected chi connectivity index (χ0v) is 17.8. The van der Waals surface area contributed by atoms with Crippen molar-refractivity contribution in [3.8, 4) is 17.1 Å². The first kappa shape index (κ1) is 20.3. The van der Waals surface area contributed by atoms with Crippen LogP contribution in [0.4, 0.5) is 0 Å². The second-order valence-corrected chi connectivity index (χ2v) is 7.65. The molecule has 5 heteroatoms. The van der Waals surface area contributed by atoms with Crippen LogP contribution < -0.4 is 4.74 Å². The van der Waals surface area contributed by atoms with Gasteiger partial charge in [-0.3, -0.25) is 0 Å². The molecule has 0 fully saturated rings. The van der Waals surface area contributed by atoms with Crippen molar-refractivity contribution in [1.29, 1.82) is 0 Å². The Labute approximate surface area is 167 Å². The number of fused-ring (bicyclic) bond motifs is 1. The van der Waals surface area contributed by atoms with E-state index in [9.17, 15) is 5.11 Å². The van der Waals surface area contributed by atoms with Gasteiger partial charge in [0.25, 0.3) is 0 Å². The Morgan fingerprint density at radius 3 is 2.50 bits per heavy atom. The summed E-state index contributed by atoms with van der Waals surface area (Å²) in [5, 5.41) is 10.9. The molecule has 0 unspecified atom stereocenters. The summed E-state index contributed by atoms with van der Waals surface area (Å²) < 4.78 is 7.67. The predicted molar refractivity (Wildman–Crippen MR) is 114 cm³/mol. The molecule has 1 atom stereocenters. The maximum atomic E-state index is 9.79. The number of hydrogen-bond donors (Lipinski definition) is 1. The second-order valence-electron chi connectivity index (χ2n) is 7.65. The molecule has 5 nitrogen and oxygen atoms in total. The van der Waals surface area contributed by atoms with Crippen LogP contribution in [0.3, 0.4) is 0 Å². The van der Waals surface area contributed by atoms with E-state index in [2.05, 4.69) is 52.1 Å². The number of aromatic nitrogens is 3. The molecular weight excluding hydrogens is 350 g/mol. The molecule has 0 saturated carbocycles. The highest BCUT2D eigenvalue weighted by atomic mass is 16.5. The highest BCUT2D eigenvalue weighted by Crippen LogP contribution is 2.36. The molecule has 3 aromatic rings. The van der Waals surface area contributed by atoms with Crippen molar-refractivity contribution in [3.05, 3.63) is 41.2 Å². The summed E-state index contributed by atoms with van der Waals surface area (Å²) in [6, 6.07) is 6.35. The van der Waals surface area contributed by atoms with Gasteiger partial charge in [0.2, 0.25) is 5.88 Å². The van der Waals surface area contributed by atoms with Crippen molar-refractivity contribution >= 4 is 11.0 Å². The Hall–Kier alpha value is -2.40. The van der Waals surface area contributed by atoms with Crippen LogP contribution in [0, 0.1) is 0 Å². The summed E-state index contributed by atoms with van der Waals surface area (Å²) in [6.07, 6.45) is 3.85. The van der Waals surface area contributed by atoms with Crippen LogP contribution in [0.15, 0.2) is 24.4 Å². The fourth-order valence-corrected chi connectivity index (χ4v) is 3.75. The first-order chi connectivity index (χ1) is 13.4. The quantitative estimate of drug-likeness (QED) is 0.638. The van der Waals surface area contributed by atoms with Crippen LogP contribution in [-0.2, 0) is 13.5 Å². The van der Waals surface area contributed by atoms with Crippen molar-refractivity contribution in [3.63, 3.8) is 0 Å². The molecule has 0 amide bonds. The number of aliphatic hydroxyl groups excluding tert-OH is 1. The van der Waals surface area contributed by atoms with Gasteiger partial charge in [0.05, 0.1) is 18.4 Å². The van der Waals surface area contributed by atoms with E-state index in [0.29, 0.717) is 11.8 Å². The van der Waals surface area contributed by atoms with Crippen molar-refractivity contribution in [2.45, 2.75) is 52.4 Å². The molecular formula is C23H31N3O2. The van der Waals surface area contributed by atoms with E-state index in [1.165, 1.54) is 0 Å². The van der Waals surface area contributed by atoms with E-state index in [1.807, 2.05) is 11.6 Å². The highest BCUT2D eigenvalue weighted by molar-refractivity contribution is 5.86. The van der Waals surface area contributed by atoms with Gasteiger partial charge in [-0.2, -0.15) is 0 Å². The standard InChI is InChI=1S/C23H31N3O2/c1-7-15-11-18-19(16(8-2)13-27)12-26(5)22(18)25-21(15)17-9-10-20(14(3)4)24-23(17)28-6/h9-12,14,16,27H,7-8,13H2,1-6H3/t16-/m0/s1. The summed E-state index contributed by atoms with van der Waals surface area (Å²) in [7, 11) is 3.67. The normalized spacial score (nSPS) is 12.7. The molecule has 3 aromatic heterocycles. The molecule has 0 aliphatic heterocycles. The lowest BCUT2D eigenvalue weighted by molar-refractivity contribution is 0.263. The maximum Gasteiger partial charge on any atom is 0.222 e. The molecule has 0 saturated heterocycles. The Balaban J connectivity index is 2.24. The third-order valence-corrected chi connectivity index (χ3v) is 5.51. The monoisotopic (exact) mass is 381 g/mol. The van der Waals surface area contributed by atoms with Gasteiger partial charge in [-0.05, 0) is 48.1 Å². The van der Waals surface area contributed by atoms with E-state index in [0.717, 1.165) is 52.0 Å². The van der Waals surface area contributed by atoms with Crippen LogP contribution in [0.25, 0.3) is 22.3 Å². The van der Waals surface area contributed by atoms with Crippen molar-refractivity contribution in [1.82, 2.24) is 14.5 Å². The van der Waals surface area contributed by atoms with Crippen molar-refractivity contribution in [2.24, 2.45) is 7.05 Å². The van der Waals surface area contributed by atoms with Gasteiger partial charge in [0.15, 0.2) is 0 Å². The summed E-state index contributed by atoms with van der Waals surface area (Å²) >= 11 is 0. The van der Waals surface area contributed by atoms with Gasteiger partial charge in [-0.15, -0.1) is 0 Å². The molecule has 28 heavy (non-hydrogen) atoms. The van der Waals surface area contributed by atoms with Crippen LogP contribution in [-0.4, -0.2) is 33.4 Å². The fraction of sp³-hybridized carbons (Fsp3) is 0.478. The van der Waals surface area contributed by atoms with E-state index >= 15 is 0 Å². The molecule has 3 rings (SSSR count). The van der Waals surface area contributed by atoms with Crippen molar-refractivity contribution < 1.29 is 9.84 Å². The minimum Gasteiger partial charge on any atom is -0.480 e. The predicted octanol–water partition coefficient (Wildman–Crippen LogP) is 4.82.